The average molecular weight is 441 g/mol. The number of carbonyl (C=O) groups excluding carboxylic acids is 1. The first-order chi connectivity index (χ1) is 14.0. The minimum Gasteiger partial charge on any atom is -0.507 e. The Bertz CT molecular complexity index is 1220. The van der Waals surface area contributed by atoms with Crippen LogP contribution in [0.15, 0.2) is 66.7 Å². The number of para-hydroxylation sites is 1. The number of halogens is 2. The number of thiazole rings is 1. The summed E-state index contributed by atoms with van der Waals surface area (Å²) in [7, 11) is 0. The summed E-state index contributed by atoms with van der Waals surface area (Å²) in [5.74, 6) is -0.220. The first kappa shape index (κ1) is 19.5. The minimum atomic E-state index is -0.322. The van der Waals surface area contributed by atoms with Crippen molar-refractivity contribution in [2.24, 2.45) is 0 Å². The molecule has 0 saturated carbocycles. The maximum Gasteiger partial charge on any atom is 0.248 e. The van der Waals surface area contributed by atoms with Gasteiger partial charge in [0.05, 0.1) is 15.8 Å². The van der Waals surface area contributed by atoms with Gasteiger partial charge in [-0.15, -0.1) is 11.3 Å². The second-order valence-electron chi connectivity index (χ2n) is 6.21. The summed E-state index contributed by atoms with van der Waals surface area (Å²) in [4.78, 5) is 16.9. The van der Waals surface area contributed by atoms with Gasteiger partial charge in [0, 0.05) is 21.8 Å². The number of amides is 1. The van der Waals surface area contributed by atoms with Gasteiger partial charge in [-0.2, -0.15) is 0 Å². The zero-order valence-electron chi connectivity index (χ0n) is 14.9. The van der Waals surface area contributed by atoms with Gasteiger partial charge in [-0.25, -0.2) is 4.98 Å². The van der Waals surface area contributed by atoms with Crippen LogP contribution in [-0.4, -0.2) is 16.0 Å². The number of hydrogen-bond acceptors (Lipinski definition) is 4. The molecule has 1 amide bonds. The predicted molar refractivity (Wildman–Crippen MR) is 121 cm³/mol. The fourth-order valence-electron chi connectivity index (χ4n) is 2.76. The smallest absolute Gasteiger partial charge is 0.248 e. The zero-order chi connectivity index (χ0) is 20.4. The Morgan fingerprint density at radius 3 is 2.69 bits per heavy atom. The van der Waals surface area contributed by atoms with Crippen LogP contribution in [0.25, 0.3) is 26.9 Å². The maximum atomic E-state index is 12.3. The molecule has 1 heterocycles. The summed E-state index contributed by atoms with van der Waals surface area (Å²) in [6, 6.07) is 17.7. The number of nitrogens with one attached hydrogen (secondary N) is 1. The van der Waals surface area contributed by atoms with Crippen molar-refractivity contribution >= 4 is 62.4 Å². The third kappa shape index (κ3) is 4.43. The molecule has 0 aliphatic heterocycles. The fourth-order valence-corrected chi connectivity index (χ4v) is 4.22. The Labute approximate surface area is 181 Å². The second-order valence-corrected chi connectivity index (χ2v) is 8.08. The van der Waals surface area contributed by atoms with Crippen LogP contribution in [0.5, 0.6) is 5.75 Å². The van der Waals surface area contributed by atoms with E-state index >= 15 is 0 Å². The topological polar surface area (TPSA) is 62.2 Å². The number of aromatic hydroxyl groups is 1. The number of phenols is 1. The molecule has 4 rings (SSSR count). The van der Waals surface area contributed by atoms with E-state index in [1.54, 1.807) is 36.4 Å². The SMILES string of the molecule is O=C(C=Cc1ccc(Cl)cc1Cl)Nc1ccc(O)c(-c2nc3ccccc3s2)c1. The van der Waals surface area contributed by atoms with Crippen molar-refractivity contribution < 1.29 is 9.90 Å². The van der Waals surface area contributed by atoms with E-state index in [1.807, 2.05) is 24.3 Å². The van der Waals surface area contributed by atoms with Crippen molar-refractivity contribution in [3.8, 4) is 16.3 Å². The van der Waals surface area contributed by atoms with Crippen LogP contribution in [-0.2, 0) is 4.79 Å². The lowest BCUT2D eigenvalue weighted by Gasteiger charge is -2.06. The molecule has 0 radical (unpaired) electrons. The number of hydrogen-bond donors (Lipinski definition) is 2. The minimum absolute atomic E-state index is 0.102. The van der Waals surface area contributed by atoms with E-state index in [1.165, 1.54) is 23.5 Å². The van der Waals surface area contributed by atoms with Gasteiger partial charge in [0.1, 0.15) is 10.8 Å². The molecule has 4 aromatic rings. The highest BCUT2D eigenvalue weighted by molar-refractivity contribution is 7.21. The summed E-state index contributed by atoms with van der Waals surface area (Å²) in [6.45, 7) is 0. The number of benzene rings is 3. The highest BCUT2D eigenvalue weighted by atomic mass is 35.5. The molecule has 0 bridgehead atoms. The summed E-state index contributed by atoms with van der Waals surface area (Å²) in [6.07, 6.45) is 3.00. The van der Waals surface area contributed by atoms with Crippen LogP contribution in [0.4, 0.5) is 5.69 Å². The van der Waals surface area contributed by atoms with Gasteiger partial charge in [-0.3, -0.25) is 4.79 Å². The van der Waals surface area contributed by atoms with Gasteiger partial charge in [-0.05, 0) is 54.1 Å². The number of nitrogens with zero attached hydrogens (tertiary/aromatic N) is 1. The molecule has 2 N–H and O–H groups in total. The van der Waals surface area contributed by atoms with E-state index in [0.29, 0.717) is 31.9 Å². The molecule has 0 fully saturated rings. The van der Waals surface area contributed by atoms with E-state index in [0.717, 1.165) is 10.2 Å². The Kier molecular flexibility index (Phi) is 5.53. The van der Waals surface area contributed by atoms with Gasteiger partial charge in [-0.1, -0.05) is 41.4 Å². The third-order valence-corrected chi connectivity index (χ3v) is 5.80. The van der Waals surface area contributed by atoms with Crippen molar-refractivity contribution in [1.29, 1.82) is 0 Å². The van der Waals surface area contributed by atoms with Gasteiger partial charge in [0.15, 0.2) is 0 Å². The Hall–Kier alpha value is -2.86. The van der Waals surface area contributed by atoms with Crippen molar-refractivity contribution in [2.45, 2.75) is 0 Å². The molecule has 0 aliphatic rings. The van der Waals surface area contributed by atoms with E-state index < -0.39 is 0 Å². The molecule has 1 aromatic heterocycles. The van der Waals surface area contributed by atoms with E-state index in [2.05, 4.69) is 10.3 Å². The second kappa shape index (κ2) is 8.25. The Morgan fingerprint density at radius 1 is 1.07 bits per heavy atom. The first-order valence-electron chi connectivity index (χ1n) is 8.63. The summed E-state index contributed by atoms with van der Waals surface area (Å²) in [5.41, 5.74) is 2.67. The van der Waals surface area contributed by atoms with E-state index in [4.69, 9.17) is 23.2 Å². The van der Waals surface area contributed by atoms with Crippen LogP contribution < -0.4 is 5.32 Å². The van der Waals surface area contributed by atoms with Crippen molar-refractivity contribution in [3.63, 3.8) is 0 Å². The summed E-state index contributed by atoms with van der Waals surface area (Å²) >= 11 is 13.5. The molecule has 0 atom stereocenters. The van der Waals surface area contributed by atoms with Gasteiger partial charge >= 0.3 is 0 Å². The fraction of sp³-hybridized carbons (Fsp3) is 0. The number of aromatic nitrogens is 1. The Balaban J connectivity index is 1.55. The van der Waals surface area contributed by atoms with Crippen LogP contribution in [0.2, 0.25) is 10.0 Å². The third-order valence-electron chi connectivity index (χ3n) is 4.17. The lowest BCUT2D eigenvalue weighted by molar-refractivity contribution is -0.111. The standard InChI is InChI=1S/C22H14Cl2N2O2S/c23-14-7-5-13(17(24)11-14)6-10-21(28)25-15-8-9-19(27)16(12-15)22-26-18-3-1-2-4-20(18)29-22/h1-12,27H,(H,25,28). The largest absolute Gasteiger partial charge is 0.507 e. The number of rotatable bonds is 4. The van der Waals surface area contributed by atoms with Crippen molar-refractivity contribution in [1.82, 2.24) is 4.98 Å². The number of fused-ring (bicyclic) bond motifs is 1. The van der Waals surface area contributed by atoms with E-state index in [-0.39, 0.29) is 11.7 Å². The molecular formula is C22H14Cl2N2O2S. The van der Waals surface area contributed by atoms with Crippen LogP contribution in [0, 0.1) is 0 Å². The maximum absolute atomic E-state index is 12.3. The molecular weight excluding hydrogens is 427 g/mol. The molecule has 7 heteroatoms. The summed E-state index contributed by atoms with van der Waals surface area (Å²) in [5, 5.41) is 14.7. The molecule has 0 spiro atoms. The normalized spacial score (nSPS) is 11.2. The van der Waals surface area contributed by atoms with Crippen LogP contribution in [0.1, 0.15) is 5.56 Å². The number of anilines is 1. The molecule has 0 saturated heterocycles. The highest BCUT2D eigenvalue weighted by Gasteiger charge is 2.12. The lowest BCUT2D eigenvalue weighted by atomic mass is 10.1. The average Bonchev–Trinajstić information content (AvgIpc) is 3.13. The number of carbonyl (C=O) groups is 1. The monoisotopic (exact) mass is 440 g/mol. The molecule has 0 aliphatic carbocycles. The molecule has 3 aromatic carbocycles. The van der Waals surface area contributed by atoms with Crippen molar-refractivity contribution in [3.05, 3.63) is 82.3 Å². The summed E-state index contributed by atoms with van der Waals surface area (Å²) < 4.78 is 1.03. The molecule has 4 nitrogen and oxygen atoms in total. The predicted octanol–water partition coefficient (Wildman–Crippen LogP) is 6.63. The number of phenolic OH excluding ortho intramolecular Hbond substituents is 1. The van der Waals surface area contributed by atoms with Crippen molar-refractivity contribution in [2.75, 3.05) is 5.32 Å². The molecule has 29 heavy (non-hydrogen) atoms. The van der Waals surface area contributed by atoms with Gasteiger partial charge < -0.3 is 10.4 Å². The molecule has 0 unspecified atom stereocenters. The van der Waals surface area contributed by atoms with Gasteiger partial charge in [0.2, 0.25) is 5.91 Å². The highest BCUT2D eigenvalue weighted by Crippen LogP contribution is 2.36. The quantitative estimate of drug-likeness (QED) is 0.276. The van der Waals surface area contributed by atoms with Crippen LogP contribution >= 0.6 is 34.5 Å². The zero-order valence-corrected chi connectivity index (χ0v) is 17.2. The van der Waals surface area contributed by atoms with Crippen LogP contribution in [0.3, 0.4) is 0 Å². The molecule has 144 valence electrons. The van der Waals surface area contributed by atoms with Gasteiger partial charge in [0.25, 0.3) is 0 Å². The Morgan fingerprint density at radius 2 is 1.90 bits per heavy atom. The van der Waals surface area contributed by atoms with E-state index in [9.17, 15) is 9.90 Å². The first-order valence-corrected chi connectivity index (χ1v) is 10.2. The lowest BCUT2D eigenvalue weighted by Crippen LogP contribution is -2.07.